The molecule has 1 saturated heterocycles. The third-order valence-corrected chi connectivity index (χ3v) is 5.74. The Morgan fingerprint density at radius 2 is 1.72 bits per heavy atom. The zero-order valence-electron chi connectivity index (χ0n) is 15.2. The molecular formula is C19H27N5O. The van der Waals surface area contributed by atoms with E-state index in [-0.39, 0.29) is 5.54 Å². The van der Waals surface area contributed by atoms with Crippen LogP contribution in [0.3, 0.4) is 0 Å². The molecule has 2 heterocycles. The van der Waals surface area contributed by atoms with Crippen molar-refractivity contribution in [1.29, 1.82) is 0 Å². The van der Waals surface area contributed by atoms with E-state index in [1.165, 1.54) is 18.4 Å². The first-order chi connectivity index (χ1) is 12.2. The van der Waals surface area contributed by atoms with Gasteiger partial charge in [0, 0.05) is 13.1 Å². The first kappa shape index (κ1) is 16.7. The summed E-state index contributed by atoms with van der Waals surface area (Å²) in [6.45, 7) is 7.93. The van der Waals surface area contributed by atoms with Crippen molar-refractivity contribution >= 4 is 0 Å². The van der Waals surface area contributed by atoms with Crippen LogP contribution in [0.15, 0.2) is 24.3 Å². The summed E-state index contributed by atoms with van der Waals surface area (Å²) in [5.41, 5.74) is 2.33. The molecule has 1 aromatic carbocycles. The summed E-state index contributed by atoms with van der Waals surface area (Å²) in [5, 5.41) is 12.9. The zero-order valence-corrected chi connectivity index (χ0v) is 15.2. The minimum absolute atomic E-state index is 0.0516. The van der Waals surface area contributed by atoms with Gasteiger partial charge in [-0.1, -0.05) is 38.8 Å². The highest BCUT2D eigenvalue weighted by Gasteiger charge is 2.45. The van der Waals surface area contributed by atoms with Crippen LogP contribution in [-0.4, -0.2) is 51.4 Å². The summed E-state index contributed by atoms with van der Waals surface area (Å²) in [6.07, 6.45) is 4.71. The Balaban J connectivity index is 1.71. The van der Waals surface area contributed by atoms with Crippen LogP contribution in [0, 0.1) is 0 Å². The molecule has 0 bridgehead atoms. The number of tetrazole rings is 1. The molecule has 2 aromatic rings. The topological polar surface area (TPSA) is 56.1 Å². The normalized spacial score (nSPS) is 21.1. The number of nitrogens with zero attached hydrogens (tertiary/aromatic N) is 5. The molecular weight excluding hydrogens is 314 g/mol. The van der Waals surface area contributed by atoms with Crippen molar-refractivity contribution in [3.05, 3.63) is 35.7 Å². The minimum atomic E-state index is -0.0516. The van der Waals surface area contributed by atoms with Crippen LogP contribution >= 0.6 is 0 Å². The summed E-state index contributed by atoms with van der Waals surface area (Å²) >= 11 is 0. The van der Waals surface area contributed by atoms with Gasteiger partial charge in [-0.25, -0.2) is 0 Å². The molecule has 1 aromatic heterocycles. The van der Waals surface area contributed by atoms with E-state index in [4.69, 9.17) is 4.74 Å². The maximum atomic E-state index is 5.57. The van der Waals surface area contributed by atoms with Gasteiger partial charge in [0.15, 0.2) is 5.82 Å². The standard InChI is InChI=1S/C19H27N5O/c1-15(2)16-5-7-17(8-6-16)24-18(20-21-22-24)19(9-3-4-10-19)23-11-13-25-14-12-23/h5-8,15H,3-4,9-14H2,1-2H3. The van der Waals surface area contributed by atoms with Crippen molar-refractivity contribution in [2.75, 3.05) is 26.3 Å². The second kappa shape index (κ2) is 6.84. The van der Waals surface area contributed by atoms with Gasteiger partial charge in [0.25, 0.3) is 0 Å². The smallest absolute Gasteiger partial charge is 0.176 e. The average Bonchev–Trinajstić information content (AvgIpc) is 3.32. The molecule has 4 rings (SSSR count). The van der Waals surface area contributed by atoms with Gasteiger partial charge in [0.1, 0.15) is 0 Å². The maximum Gasteiger partial charge on any atom is 0.176 e. The first-order valence-electron chi connectivity index (χ1n) is 9.43. The van der Waals surface area contributed by atoms with Gasteiger partial charge >= 0.3 is 0 Å². The number of ether oxygens (including phenoxy) is 1. The van der Waals surface area contributed by atoms with Crippen molar-refractivity contribution in [2.45, 2.75) is 51.0 Å². The molecule has 0 spiro atoms. The Morgan fingerprint density at radius 1 is 1.04 bits per heavy atom. The van der Waals surface area contributed by atoms with Crippen LogP contribution < -0.4 is 0 Å². The highest BCUT2D eigenvalue weighted by atomic mass is 16.5. The van der Waals surface area contributed by atoms with Crippen LogP contribution in [-0.2, 0) is 10.3 Å². The quantitative estimate of drug-likeness (QED) is 0.856. The second-order valence-electron chi connectivity index (χ2n) is 7.50. The number of aromatic nitrogens is 4. The molecule has 0 atom stereocenters. The lowest BCUT2D eigenvalue weighted by Crippen LogP contribution is -2.51. The minimum Gasteiger partial charge on any atom is -0.379 e. The van der Waals surface area contributed by atoms with Crippen molar-refractivity contribution in [2.24, 2.45) is 0 Å². The summed E-state index contributed by atoms with van der Waals surface area (Å²) in [7, 11) is 0. The predicted octanol–water partition coefficient (Wildman–Crippen LogP) is 2.89. The lowest BCUT2D eigenvalue weighted by atomic mass is 9.93. The van der Waals surface area contributed by atoms with Crippen LogP contribution in [0.25, 0.3) is 5.69 Å². The van der Waals surface area contributed by atoms with E-state index < -0.39 is 0 Å². The highest BCUT2D eigenvalue weighted by Crippen LogP contribution is 2.43. The summed E-state index contributed by atoms with van der Waals surface area (Å²) in [5.74, 6) is 1.51. The molecule has 0 amide bonds. The molecule has 1 aliphatic heterocycles. The molecule has 0 unspecified atom stereocenters. The van der Waals surface area contributed by atoms with Crippen molar-refractivity contribution < 1.29 is 4.74 Å². The Kier molecular flexibility index (Phi) is 4.56. The zero-order chi connectivity index (χ0) is 17.3. The van der Waals surface area contributed by atoms with Gasteiger partial charge in [-0.05, 0) is 46.9 Å². The summed E-state index contributed by atoms with van der Waals surface area (Å²) in [4.78, 5) is 2.55. The Bertz CT molecular complexity index is 697. The molecule has 1 saturated carbocycles. The number of morpholine rings is 1. The Hall–Kier alpha value is -1.79. The fourth-order valence-electron chi connectivity index (χ4n) is 4.28. The SMILES string of the molecule is CC(C)c1ccc(-n2nnnc2C2(N3CCOCC3)CCCC2)cc1. The first-order valence-corrected chi connectivity index (χ1v) is 9.43. The van der Waals surface area contributed by atoms with Crippen molar-refractivity contribution in [3.63, 3.8) is 0 Å². The maximum absolute atomic E-state index is 5.57. The fraction of sp³-hybridized carbons (Fsp3) is 0.632. The van der Waals surface area contributed by atoms with Gasteiger partial charge in [-0.3, -0.25) is 4.90 Å². The van der Waals surface area contributed by atoms with E-state index in [9.17, 15) is 0 Å². The summed E-state index contributed by atoms with van der Waals surface area (Å²) < 4.78 is 7.52. The second-order valence-corrected chi connectivity index (χ2v) is 7.50. The van der Waals surface area contributed by atoms with E-state index in [1.54, 1.807) is 0 Å². The lowest BCUT2D eigenvalue weighted by Gasteiger charge is -2.42. The molecule has 0 N–H and O–H groups in total. The van der Waals surface area contributed by atoms with E-state index in [0.29, 0.717) is 5.92 Å². The number of benzene rings is 1. The van der Waals surface area contributed by atoms with Crippen LogP contribution in [0.1, 0.15) is 56.8 Å². The number of rotatable bonds is 4. The monoisotopic (exact) mass is 341 g/mol. The number of hydrogen-bond donors (Lipinski definition) is 0. The Labute approximate surface area is 149 Å². The van der Waals surface area contributed by atoms with E-state index in [2.05, 4.69) is 58.5 Å². The largest absolute Gasteiger partial charge is 0.379 e. The van der Waals surface area contributed by atoms with Gasteiger partial charge in [-0.2, -0.15) is 4.68 Å². The lowest BCUT2D eigenvalue weighted by molar-refractivity contribution is -0.0273. The predicted molar refractivity (Wildman–Crippen MR) is 95.8 cm³/mol. The number of hydrogen-bond acceptors (Lipinski definition) is 5. The fourth-order valence-corrected chi connectivity index (χ4v) is 4.28. The van der Waals surface area contributed by atoms with E-state index in [1.807, 2.05) is 4.68 Å². The molecule has 2 fully saturated rings. The van der Waals surface area contributed by atoms with Crippen LogP contribution in [0.2, 0.25) is 0 Å². The molecule has 1 aliphatic carbocycles. The molecule has 6 nitrogen and oxygen atoms in total. The molecule has 0 radical (unpaired) electrons. The molecule has 25 heavy (non-hydrogen) atoms. The molecule has 134 valence electrons. The van der Waals surface area contributed by atoms with E-state index >= 15 is 0 Å². The Morgan fingerprint density at radius 3 is 2.36 bits per heavy atom. The molecule has 6 heteroatoms. The van der Waals surface area contributed by atoms with Gasteiger partial charge in [0.2, 0.25) is 0 Å². The van der Waals surface area contributed by atoms with Crippen LogP contribution in [0.5, 0.6) is 0 Å². The van der Waals surface area contributed by atoms with Gasteiger partial charge < -0.3 is 4.74 Å². The average molecular weight is 341 g/mol. The molecule has 2 aliphatic rings. The van der Waals surface area contributed by atoms with Gasteiger partial charge in [0.05, 0.1) is 24.4 Å². The van der Waals surface area contributed by atoms with Crippen LogP contribution in [0.4, 0.5) is 0 Å². The summed E-state index contributed by atoms with van der Waals surface area (Å²) in [6, 6.07) is 8.64. The van der Waals surface area contributed by atoms with E-state index in [0.717, 1.165) is 50.7 Å². The van der Waals surface area contributed by atoms with Gasteiger partial charge in [-0.15, -0.1) is 5.10 Å². The van der Waals surface area contributed by atoms with Crippen molar-refractivity contribution in [3.8, 4) is 5.69 Å². The van der Waals surface area contributed by atoms with Crippen molar-refractivity contribution in [1.82, 2.24) is 25.1 Å². The highest BCUT2D eigenvalue weighted by molar-refractivity contribution is 5.36. The third-order valence-electron chi connectivity index (χ3n) is 5.74. The third kappa shape index (κ3) is 2.98.